The van der Waals surface area contributed by atoms with Crippen LogP contribution < -0.4 is 5.32 Å². The number of carbonyl (C=O) groups is 1. The molecule has 5 heteroatoms. The van der Waals surface area contributed by atoms with E-state index in [9.17, 15) is 4.79 Å². The summed E-state index contributed by atoms with van der Waals surface area (Å²) in [6.07, 6.45) is -0.430. The van der Waals surface area contributed by atoms with E-state index in [1.54, 1.807) is 0 Å². The number of hydrogen-bond donors (Lipinski definition) is 1. The highest BCUT2D eigenvalue weighted by atomic mass is 16.5. The summed E-state index contributed by atoms with van der Waals surface area (Å²) in [5, 5.41) is 11.7. The zero-order valence-corrected chi connectivity index (χ0v) is 10.9. The van der Waals surface area contributed by atoms with Crippen molar-refractivity contribution >= 4 is 11.6 Å². The van der Waals surface area contributed by atoms with Gasteiger partial charge in [0, 0.05) is 18.8 Å². The predicted molar refractivity (Wildman–Crippen MR) is 71.6 cm³/mol. The Morgan fingerprint density at radius 1 is 1.63 bits per heavy atom. The molecule has 1 heterocycles. The van der Waals surface area contributed by atoms with Crippen LogP contribution in [0, 0.1) is 18.3 Å². The number of nitriles is 1. The molecule has 0 saturated carbocycles. The summed E-state index contributed by atoms with van der Waals surface area (Å²) in [5.74, 6) is -0.0656. The molecule has 1 fully saturated rings. The van der Waals surface area contributed by atoms with Crippen molar-refractivity contribution in [2.45, 2.75) is 13.0 Å². The molecular weight excluding hydrogens is 242 g/mol. The first-order valence-electron chi connectivity index (χ1n) is 6.27. The molecule has 19 heavy (non-hydrogen) atoms. The van der Waals surface area contributed by atoms with Gasteiger partial charge in [0.1, 0.15) is 0 Å². The zero-order valence-electron chi connectivity index (χ0n) is 10.9. The third kappa shape index (κ3) is 4.05. The van der Waals surface area contributed by atoms with Crippen molar-refractivity contribution in [2.75, 3.05) is 31.6 Å². The van der Waals surface area contributed by atoms with Gasteiger partial charge in [-0.3, -0.25) is 9.69 Å². The van der Waals surface area contributed by atoms with Crippen LogP contribution in [0.25, 0.3) is 0 Å². The zero-order chi connectivity index (χ0) is 13.7. The topological polar surface area (TPSA) is 65.4 Å². The van der Waals surface area contributed by atoms with Crippen LogP contribution in [0.1, 0.15) is 5.56 Å². The first-order valence-corrected chi connectivity index (χ1v) is 6.27. The van der Waals surface area contributed by atoms with Crippen molar-refractivity contribution < 1.29 is 9.53 Å². The van der Waals surface area contributed by atoms with E-state index in [2.05, 4.69) is 11.4 Å². The number of ether oxygens (including phenoxy) is 1. The monoisotopic (exact) mass is 259 g/mol. The van der Waals surface area contributed by atoms with Crippen molar-refractivity contribution in [1.29, 1.82) is 5.26 Å². The van der Waals surface area contributed by atoms with Crippen LogP contribution in [0.5, 0.6) is 0 Å². The molecule has 0 bridgehead atoms. The van der Waals surface area contributed by atoms with Crippen molar-refractivity contribution in [3.8, 4) is 6.07 Å². The molecule has 5 nitrogen and oxygen atoms in total. The smallest absolute Gasteiger partial charge is 0.238 e. The molecule has 1 aromatic carbocycles. The normalized spacial score (nSPS) is 19.7. The fourth-order valence-corrected chi connectivity index (χ4v) is 2.05. The van der Waals surface area contributed by atoms with E-state index < -0.39 is 6.10 Å². The lowest BCUT2D eigenvalue weighted by molar-refractivity contribution is -0.118. The fraction of sp³-hybridized carbons (Fsp3) is 0.429. The number of amides is 1. The van der Waals surface area contributed by atoms with Crippen molar-refractivity contribution in [1.82, 2.24) is 4.90 Å². The van der Waals surface area contributed by atoms with Crippen molar-refractivity contribution in [2.24, 2.45) is 0 Å². The molecule has 0 radical (unpaired) electrons. The Labute approximate surface area is 112 Å². The van der Waals surface area contributed by atoms with Crippen LogP contribution in [0.2, 0.25) is 0 Å². The van der Waals surface area contributed by atoms with Gasteiger partial charge in [-0.2, -0.15) is 5.26 Å². The molecule has 100 valence electrons. The number of aryl methyl sites for hydroxylation is 1. The van der Waals surface area contributed by atoms with Crippen LogP contribution in [-0.2, 0) is 9.53 Å². The second-order valence-electron chi connectivity index (χ2n) is 4.64. The van der Waals surface area contributed by atoms with Gasteiger partial charge < -0.3 is 10.1 Å². The maximum atomic E-state index is 11.9. The van der Waals surface area contributed by atoms with Gasteiger partial charge in [0.2, 0.25) is 5.91 Å². The van der Waals surface area contributed by atoms with E-state index in [0.717, 1.165) is 11.3 Å². The number of benzene rings is 1. The van der Waals surface area contributed by atoms with Crippen molar-refractivity contribution in [3.05, 3.63) is 29.8 Å². The standard InChI is InChI=1S/C14H17N3O2/c1-11-3-2-4-12(7-11)16-14(18)10-17-5-6-19-13(8-15)9-17/h2-4,7,13H,5-6,9-10H2,1H3,(H,16,18). The van der Waals surface area contributed by atoms with E-state index in [1.807, 2.05) is 36.1 Å². The van der Waals surface area contributed by atoms with Crippen molar-refractivity contribution in [3.63, 3.8) is 0 Å². The van der Waals surface area contributed by atoms with Gasteiger partial charge in [-0.1, -0.05) is 12.1 Å². The molecule has 2 rings (SSSR count). The molecule has 1 atom stereocenters. The number of hydrogen-bond acceptors (Lipinski definition) is 4. The van der Waals surface area contributed by atoms with E-state index in [1.165, 1.54) is 0 Å². The number of nitrogens with zero attached hydrogens (tertiary/aromatic N) is 2. The largest absolute Gasteiger partial charge is 0.361 e. The Kier molecular flexibility index (Phi) is 4.50. The SMILES string of the molecule is Cc1cccc(NC(=O)CN2CCOC(C#N)C2)c1. The van der Waals surface area contributed by atoms with E-state index in [4.69, 9.17) is 10.00 Å². The van der Waals surface area contributed by atoms with Crippen LogP contribution >= 0.6 is 0 Å². The molecule has 1 saturated heterocycles. The van der Waals surface area contributed by atoms with Crippen LogP contribution in [0.3, 0.4) is 0 Å². The number of morpholine rings is 1. The highest BCUT2D eigenvalue weighted by Gasteiger charge is 2.21. The number of anilines is 1. The molecular formula is C14H17N3O2. The summed E-state index contributed by atoms with van der Waals surface area (Å²) in [4.78, 5) is 13.8. The van der Waals surface area contributed by atoms with Crippen LogP contribution in [0.4, 0.5) is 5.69 Å². The summed E-state index contributed by atoms with van der Waals surface area (Å²) in [5.41, 5.74) is 1.91. The molecule has 1 unspecified atom stereocenters. The first-order chi connectivity index (χ1) is 9.17. The van der Waals surface area contributed by atoms with E-state index in [-0.39, 0.29) is 12.5 Å². The van der Waals surface area contributed by atoms with Crippen LogP contribution in [0.15, 0.2) is 24.3 Å². The minimum atomic E-state index is -0.430. The second kappa shape index (κ2) is 6.32. The van der Waals surface area contributed by atoms with Gasteiger partial charge in [0.15, 0.2) is 6.10 Å². The summed E-state index contributed by atoms with van der Waals surface area (Å²) in [7, 11) is 0. The molecule has 1 aliphatic rings. The second-order valence-corrected chi connectivity index (χ2v) is 4.64. The minimum Gasteiger partial charge on any atom is -0.361 e. The summed E-state index contributed by atoms with van der Waals surface area (Å²) < 4.78 is 5.24. The Balaban J connectivity index is 1.86. The molecule has 1 aromatic rings. The van der Waals surface area contributed by atoms with E-state index >= 15 is 0 Å². The Hall–Kier alpha value is -1.90. The molecule has 1 aliphatic heterocycles. The maximum absolute atomic E-state index is 11.9. The third-order valence-corrected chi connectivity index (χ3v) is 2.96. The molecule has 0 spiro atoms. The molecule has 1 N–H and O–H groups in total. The van der Waals surface area contributed by atoms with Crippen LogP contribution in [-0.4, -0.2) is 43.2 Å². The quantitative estimate of drug-likeness (QED) is 0.884. The number of nitrogens with one attached hydrogen (secondary N) is 1. The number of rotatable bonds is 3. The summed E-state index contributed by atoms with van der Waals surface area (Å²) >= 11 is 0. The Morgan fingerprint density at radius 2 is 2.47 bits per heavy atom. The molecule has 1 amide bonds. The lowest BCUT2D eigenvalue weighted by Gasteiger charge is -2.28. The number of carbonyl (C=O) groups excluding carboxylic acids is 1. The Bertz CT molecular complexity index is 496. The van der Waals surface area contributed by atoms with E-state index in [0.29, 0.717) is 19.7 Å². The third-order valence-electron chi connectivity index (χ3n) is 2.96. The highest BCUT2D eigenvalue weighted by Crippen LogP contribution is 2.10. The molecule has 0 aliphatic carbocycles. The van der Waals surface area contributed by atoms with Gasteiger partial charge in [-0.05, 0) is 24.6 Å². The average Bonchev–Trinajstić information content (AvgIpc) is 2.38. The van der Waals surface area contributed by atoms with Gasteiger partial charge in [-0.15, -0.1) is 0 Å². The summed E-state index contributed by atoms with van der Waals surface area (Å²) in [6, 6.07) is 9.75. The fourth-order valence-electron chi connectivity index (χ4n) is 2.05. The average molecular weight is 259 g/mol. The highest BCUT2D eigenvalue weighted by molar-refractivity contribution is 5.92. The molecule has 0 aromatic heterocycles. The Morgan fingerprint density at radius 3 is 3.21 bits per heavy atom. The maximum Gasteiger partial charge on any atom is 0.238 e. The van der Waals surface area contributed by atoms with Gasteiger partial charge in [0.25, 0.3) is 0 Å². The predicted octanol–water partition coefficient (Wildman–Crippen LogP) is 1.16. The minimum absolute atomic E-state index is 0.0656. The van der Waals surface area contributed by atoms with Gasteiger partial charge >= 0.3 is 0 Å². The van der Waals surface area contributed by atoms with Gasteiger partial charge in [-0.25, -0.2) is 0 Å². The van der Waals surface area contributed by atoms with Gasteiger partial charge in [0.05, 0.1) is 19.2 Å². The lowest BCUT2D eigenvalue weighted by Crippen LogP contribution is -2.45. The summed E-state index contributed by atoms with van der Waals surface area (Å²) in [6.45, 7) is 3.93. The first kappa shape index (κ1) is 13.5. The lowest BCUT2D eigenvalue weighted by atomic mass is 10.2.